The highest BCUT2D eigenvalue weighted by atomic mass is 16.5. The van der Waals surface area contributed by atoms with Gasteiger partial charge in [0.15, 0.2) is 0 Å². The van der Waals surface area contributed by atoms with E-state index in [1.165, 1.54) is 12.0 Å². The third-order valence-electron chi connectivity index (χ3n) is 3.41. The molecular formula is C14H18N4O. The fourth-order valence-electron chi connectivity index (χ4n) is 2.36. The summed E-state index contributed by atoms with van der Waals surface area (Å²) < 4.78 is 5.47. The SMILES string of the molecule is c1cncc(-c2[nH]ncc2CNC2CCCOC2)c1. The average molecular weight is 258 g/mol. The van der Waals surface area contributed by atoms with Crippen molar-refractivity contribution < 1.29 is 4.74 Å². The first-order valence-electron chi connectivity index (χ1n) is 6.67. The van der Waals surface area contributed by atoms with Crippen molar-refractivity contribution in [3.8, 4) is 11.3 Å². The lowest BCUT2D eigenvalue weighted by Crippen LogP contribution is -2.36. The van der Waals surface area contributed by atoms with Crippen LogP contribution < -0.4 is 5.32 Å². The number of hydrogen-bond donors (Lipinski definition) is 2. The number of aromatic amines is 1. The van der Waals surface area contributed by atoms with Crippen LogP contribution in [0.3, 0.4) is 0 Å². The molecule has 2 aromatic rings. The zero-order chi connectivity index (χ0) is 12.9. The summed E-state index contributed by atoms with van der Waals surface area (Å²) in [6, 6.07) is 4.42. The Labute approximate surface area is 112 Å². The van der Waals surface area contributed by atoms with Crippen molar-refractivity contribution in [1.29, 1.82) is 0 Å². The van der Waals surface area contributed by atoms with Gasteiger partial charge < -0.3 is 10.1 Å². The molecule has 0 aromatic carbocycles. The van der Waals surface area contributed by atoms with Gasteiger partial charge in [0, 0.05) is 42.7 Å². The Morgan fingerprint density at radius 3 is 3.21 bits per heavy atom. The molecule has 2 N–H and O–H groups in total. The van der Waals surface area contributed by atoms with E-state index < -0.39 is 0 Å². The largest absolute Gasteiger partial charge is 0.380 e. The summed E-state index contributed by atoms with van der Waals surface area (Å²) >= 11 is 0. The van der Waals surface area contributed by atoms with Gasteiger partial charge >= 0.3 is 0 Å². The first kappa shape index (κ1) is 12.3. The molecule has 19 heavy (non-hydrogen) atoms. The fourth-order valence-corrected chi connectivity index (χ4v) is 2.36. The smallest absolute Gasteiger partial charge is 0.0710 e. The first-order valence-corrected chi connectivity index (χ1v) is 6.67. The van der Waals surface area contributed by atoms with Gasteiger partial charge in [-0.25, -0.2) is 0 Å². The van der Waals surface area contributed by atoms with Crippen molar-refractivity contribution in [1.82, 2.24) is 20.5 Å². The maximum absolute atomic E-state index is 5.47. The zero-order valence-electron chi connectivity index (χ0n) is 10.8. The van der Waals surface area contributed by atoms with Crippen molar-refractivity contribution in [3.63, 3.8) is 0 Å². The minimum absolute atomic E-state index is 0.449. The summed E-state index contributed by atoms with van der Waals surface area (Å²) in [5, 5.41) is 10.7. The van der Waals surface area contributed by atoms with Gasteiger partial charge in [-0.15, -0.1) is 0 Å². The van der Waals surface area contributed by atoms with Gasteiger partial charge in [0.2, 0.25) is 0 Å². The molecule has 0 aliphatic carbocycles. The third kappa shape index (κ3) is 3.00. The van der Waals surface area contributed by atoms with E-state index in [9.17, 15) is 0 Å². The molecule has 0 bridgehead atoms. The van der Waals surface area contributed by atoms with E-state index >= 15 is 0 Å². The fraction of sp³-hybridized carbons (Fsp3) is 0.429. The molecule has 5 heteroatoms. The lowest BCUT2D eigenvalue weighted by Gasteiger charge is -2.23. The molecule has 5 nitrogen and oxygen atoms in total. The standard InChI is InChI=1S/C14H18N4O/c1-3-11(7-15-5-1)14-12(9-17-18-14)8-16-13-4-2-6-19-10-13/h1,3,5,7,9,13,16H,2,4,6,8,10H2,(H,17,18). The van der Waals surface area contributed by atoms with E-state index in [4.69, 9.17) is 4.74 Å². The molecule has 0 saturated carbocycles. The number of H-pyrrole nitrogens is 1. The van der Waals surface area contributed by atoms with Gasteiger partial charge in [0.05, 0.1) is 18.5 Å². The monoisotopic (exact) mass is 258 g/mol. The maximum Gasteiger partial charge on any atom is 0.0710 e. The summed E-state index contributed by atoms with van der Waals surface area (Å²) in [7, 11) is 0. The molecule has 100 valence electrons. The van der Waals surface area contributed by atoms with Gasteiger partial charge in [0.25, 0.3) is 0 Å². The molecule has 2 aromatic heterocycles. The minimum atomic E-state index is 0.449. The molecule has 1 aliphatic rings. The normalized spacial score (nSPS) is 19.5. The van der Waals surface area contributed by atoms with Crippen molar-refractivity contribution in [2.75, 3.05) is 13.2 Å². The van der Waals surface area contributed by atoms with Crippen molar-refractivity contribution in [2.24, 2.45) is 0 Å². The lowest BCUT2D eigenvalue weighted by molar-refractivity contribution is 0.0699. The Morgan fingerprint density at radius 2 is 2.42 bits per heavy atom. The van der Waals surface area contributed by atoms with E-state index in [0.29, 0.717) is 6.04 Å². The van der Waals surface area contributed by atoms with E-state index in [1.807, 2.05) is 24.5 Å². The van der Waals surface area contributed by atoms with Crippen molar-refractivity contribution in [2.45, 2.75) is 25.4 Å². The van der Waals surface area contributed by atoms with Gasteiger partial charge in [-0.3, -0.25) is 10.1 Å². The molecule has 3 rings (SSSR count). The Balaban J connectivity index is 1.67. The van der Waals surface area contributed by atoms with Gasteiger partial charge in [-0.05, 0) is 25.0 Å². The predicted octanol–water partition coefficient (Wildman–Crippen LogP) is 1.74. The summed E-state index contributed by atoms with van der Waals surface area (Å²) in [5.41, 5.74) is 3.27. The zero-order valence-corrected chi connectivity index (χ0v) is 10.8. The van der Waals surface area contributed by atoms with E-state index in [0.717, 1.165) is 37.4 Å². The molecule has 1 saturated heterocycles. The summed E-state index contributed by atoms with van der Waals surface area (Å²) in [6.07, 6.45) is 7.81. The Hall–Kier alpha value is -1.72. The van der Waals surface area contributed by atoms with Crippen LogP contribution in [0.2, 0.25) is 0 Å². The maximum atomic E-state index is 5.47. The second-order valence-corrected chi connectivity index (χ2v) is 4.81. The average Bonchev–Trinajstić information content (AvgIpc) is 2.95. The first-order chi connectivity index (χ1) is 9.43. The second kappa shape index (κ2) is 5.95. The number of pyridine rings is 1. The van der Waals surface area contributed by atoms with Crippen LogP contribution in [0.15, 0.2) is 30.7 Å². The molecule has 1 atom stereocenters. The molecule has 3 heterocycles. The number of aromatic nitrogens is 3. The molecular weight excluding hydrogens is 240 g/mol. The second-order valence-electron chi connectivity index (χ2n) is 4.81. The van der Waals surface area contributed by atoms with Crippen LogP contribution in [-0.2, 0) is 11.3 Å². The van der Waals surface area contributed by atoms with Crippen LogP contribution >= 0.6 is 0 Å². The van der Waals surface area contributed by atoms with Crippen molar-refractivity contribution in [3.05, 3.63) is 36.3 Å². The highest BCUT2D eigenvalue weighted by Gasteiger charge is 2.14. The van der Waals surface area contributed by atoms with Crippen LogP contribution in [0.1, 0.15) is 18.4 Å². The van der Waals surface area contributed by atoms with Crippen molar-refractivity contribution >= 4 is 0 Å². The lowest BCUT2D eigenvalue weighted by atomic mass is 10.1. The van der Waals surface area contributed by atoms with Gasteiger partial charge in [-0.2, -0.15) is 5.10 Å². The summed E-state index contributed by atoms with van der Waals surface area (Å²) in [4.78, 5) is 4.14. The quantitative estimate of drug-likeness (QED) is 0.877. The third-order valence-corrected chi connectivity index (χ3v) is 3.41. The van der Waals surface area contributed by atoms with E-state index in [-0.39, 0.29) is 0 Å². The van der Waals surface area contributed by atoms with Crippen LogP contribution in [0.4, 0.5) is 0 Å². The molecule has 1 fully saturated rings. The predicted molar refractivity (Wildman–Crippen MR) is 72.5 cm³/mol. The highest BCUT2D eigenvalue weighted by Crippen LogP contribution is 2.20. The van der Waals surface area contributed by atoms with E-state index in [1.54, 1.807) is 6.20 Å². The Bertz CT molecular complexity index is 505. The molecule has 0 amide bonds. The molecule has 1 aliphatic heterocycles. The number of rotatable bonds is 4. The van der Waals surface area contributed by atoms with Gasteiger partial charge in [0.1, 0.15) is 0 Å². The van der Waals surface area contributed by atoms with Crippen LogP contribution in [0.5, 0.6) is 0 Å². The number of nitrogens with zero attached hydrogens (tertiary/aromatic N) is 2. The van der Waals surface area contributed by atoms with Crippen LogP contribution in [0, 0.1) is 0 Å². The van der Waals surface area contributed by atoms with E-state index in [2.05, 4.69) is 20.5 Å². The minimum Gasteiger partial charge on any atom is -0.380 e. The van der Waals surface area contributed by atoms with Crippen LogP contribution in [0.25, 0.3) is 11.3 Å². The summed E-state index contributed by atoms with van der Waals surface area (Å²) in [5.74, 6) is 0. The number of ether oxygens (including phenoxy) is 1. The van der Waals surface area contributed by atoms with Crippen LogP contribution in [-0.4, -0.2) is 34.4 Å². The highest BCUT2D eigenvalue weighted by molar-refractivity contribution is 5.61. The van der Waals surface area contributed by atoms with Gasteiger partial charge in [-0.1, -0.05) is 0 Å². The Morgan fingerprint density at radius 1 is 1.42 bits per heavy atom. The topological polar surface area (TPSA) is 62.8 Å². The molecule has 0 spiro atoms. The molecule has 1 unspecified atom stereocenters. The Kier molecular flexibility index (Phi) is 3.86. The number of nitrogens with one attached hydrogen (secondary N) is 2. The number of hydrogen-bond acceptors (Lipinski definition) is 4. The molecule has 0 radical (unpaired) electrons. The summed E-state index contributed by atoms with van der Waals surface area (Å²) in [6.45, 7) is 2.50.